The Morgan fingerprint density at radius 1 is 1.28 bits per heavy atom. The minimum absolute atomic E-state index is 0.0262. The zero-order valence-corrected chi connectivity index (χ0v) is 10.7. The lowest BCUT2D eigenvalue weighted by Gasteiger charge is -2.67. The van der Waals surface area contributed by atoms with Crippen molar-refractivity contribution in [3.63, 3.8) is 0 Å². The van der Waals surface area contributed by atoms with Gasteiger partial charge in [0.25, 0.3) is 0 Å². The van der Waals surface area contributed by atoms with E-state index in [4.69, 9.17) is 4.74 Å². The SMILES string of the molecule is COC(=O)C12CC(Sc3ccc(F)c(F)c3)(C1)C2. The standard InChI is InChI=1S/C13H12F2O2S/c1-17-11(16)12-5-13(6-12,7-12)18-8-2-3-9(14)10(15)4-8/h2-4H,5-7H2,1H3. The summed E-state index contributed by atoms with van der Waals surface area (Å²) in [4.78, 5) is 12.2. The molecular weight excluding hydrogens is 258 g/mol. The van der Waals surface area contributed by atoms with Crippen LogP contribution in [0.5, 0.6) is 0 Å². The van der Waals surface area contributed by atoms with E-state index < -0.39 is 11.6 Å². The van der Waals surface area contributed by atoms with Crippen molar-refractivity contribution in [2.75, 3.05) is 7.11 Å². The van der Waals surface area contributed by atoms with Gasteiger partial charge < -0.3 is 4.74 Å². The molecule has 0 unspecified atom stereocenters. The third-order valence-electron chi connectivity index (χ3n) is 3.83. The molecule has 4 rings (SSSR count). The fourth-order valence-electron chi connectivity index (χ4n) is 3.03. The van der Waals surface area contributed by atoms with E-state index in [1.165, 1.54) is 24.9 Å². The number of rotatable bonds is 3. The van der Waals surface area contributed by atoms with Crippen LogP contribution in [0.15, 0.2) is 23.1 Å². The molecular formula is C13H12F2O2S. The largest absolute Gasteiger partial charge is 0.469 e. The molecule has 0 radical (unpaired) electrons. The predicted octanol–water partition coefficient (Wildman–Crippen LogP) is 3.15. The van der Waals surface area contributed by atoms with Crippen LogP contribution in [-0.4, -0.2) is 17.8 Å². The number of hydrogen-bond donors (Lipinski definition) is 0. The Bertz CT molecular complexity index is 510. The Hall–Kier alpha value is -1.10. The fourth-order valence-corrected chi connectivity index (χ4v) is 4.87. The van der Waals surface area contributed by atoms with Crippen LogP contribution in [0.3, 0.4) is 0 Å². The van der Waals surface area contributed by atoms with Gasteiger partial charge in [-0.3, -0.25) is 4.79 Å². The van der Waals surface area contributed by atoms with Gasteiger partial charge in [-0.2, -0.15) is 0 Å². The van der Waals surface area contributed by atoms with Gasteiger partial charge in [0.05, 0.1) is 12.5 Å². The lowest BCUT2D eigenvalue weighted by Crippen LogP contribution is -2.68. The number of methoxy groups -OCH3 is 1. The summed E-state index contributed by atoms with van der Waals surface area (Å²) in [7, 11) is 1.40. The van der Waals surface area contributed by atoms with Crippen LogP contribution in [0.1, 0.15) is 19.3 Å². The van der Waals surface area contributed by atoms with E-state index in [9.17, 15) is 13.6 Å². The van der Waals surface area contributed by atoms with Crippen LogP contribution in [0.4, 0.5) is 8.78 Å². The molecule has 1 aromatic carbocycles. The molecule has 0 heterocycles. The molecule has 0 aromatic heterocycles. The third-order valence-corrected chi connectivity index (χ3v) is 5.18. The summed E-state index contributed by atoms with van der Waals surface area (Å²) in [6, 6.07) is 3.93. The average Bonchev–Trinajstić information content (AvgIpc) is 2.25. The first-order valence-corrected chi connectivity index (χ1v) is 6.53. The number of benzene rings is 1. The number of halogens is 2. The molecule has 2 nitrogen and oxygen atoms in total. The number of thioether (sulfide) groups is 1. The number of carbonyl (C=O) groups is 1. The second-order valence-corrected chi connectivity index (χ2v) is 6.70. The minimum atomic E-state index is -0.831. The van der Waals surface area contributed by atoms with Crippen molar-refractivity contribution < 1.29 is 18.3 Å². The highest BCUT2D eigenvalue weighted by Gasteiger charge is 2.72. The lowest BCUT2D eigenvalue weighted by molar-refractivity contribution is -0.180. The highest BCUT2D eigenvalue weighted by Crippen LogP contribution is 2.74. The number of ether oxygens (including phenoxy) is 1. The van der Waals surface area contributed by atoms with Crippen molar-refractivity contribution in [3.05, 3.63) is 29.8 Å². The molecule has 5 heteroatoms. The summed E-state index contributed by atoms with van der Waals surface area (Å²) in [6.45, 7) is 0. The Kier molecular flexibility index (Phi) is 2.46. The Balaban J connectivity index is 1.67. The Morgan fingerprint density at radius 3 is 2.50 bits per heavy atom. The van der Waals surface area contributed by atoms with Crippen LogP contribution in [-0.2, 0) is 9.53 Å². The van der Waals surface area contributed by atoms with Crippen molar-refractivity contribution >= 4 is 17.7 Å². The van der Waals surface area contributed by atoms with E-state index >= 15 is 0 Å². The molecule has 18 heavy (non-hydrogen) atoms. The topological polar surface area (TPSA) is 26.3 Å². The molecule has 0 spiro atoms. The molecule has 3 fully saturated rings. The Labute approximate surface area is 108 Å². The average molecular weight is 270 g/mol. The van der Waals surface area contributed by atoms with Crippen LogP contribution < -0.4 is 0 Å². The van der Waals surface area contributed by atoms with Crippen LogP contribution in [0, 0.1) is 17.0 Å². The van der Waals surface area contributed by atoms with Gasteiger partial charge in [0, 0.05) is 9.64 Å². The first-order chi connectivity index (χ1) is 8.49. The van der Waals surface area contributed by atoms with E-state index in [0.717, 1.165) is 25.3 Å². The molecule has 0 atom stereocenters. The van der Waals surface area contributed by atoms with Gasteiger partial charge in [-0.15, -0.1) is 11.8 Å². The molecule has 0 N–H and O–H groups in total. The molecule has 96 valence electrons. The molecule has 0 aliphatic heterocycles. The highest BCUT2D eigenvalue weighted by atomic mass is 32.2. The van der Waals surface area contributed by atoms with Gasteiger partial charge in [-0.25, -0.2) is 8.78 Å². The summed E-state index contributed by atoms with van der Waals surface area (Å²) >= 11 is 1.53. The second-order valence-electron chi connectivity index (χ2n) is 5.16. The lowest BCUT2D eigenvalue weighted by atomic mass is 9.43. The van der Waals surface area contributed by atoms with Gasteiger partial charge in [0.1, 0.15) is 0 Å². The molecule has 0 saturated heterocycles. The quantitative estimate of drug-likeness (QED) is 0.789. The highest BCUT2D eigenvalue weighted by molar-refractivity contribution is 8.00. The van der Waals surface area contributed by atoms with Crippen LogP contribution >= 0.6 is 11.8 Å². The van der Waals surface area contributed by atoms with Gasteiger partial charge in [0.15, 0.2) is 11.6 Å². The van der Waals surface area contributed by atoms with Gasteiger partial charge >= 0.3 is 5.97 Å². The van der Waals surface area contributed by atoms with Gasteiger partial charge in [-0.1, -0.05) is 0 Å². The summed E-state index contributed by atoms with van der Waals surface area (Å²) in [5.74, 6) is -1.80. The number of hydrogen-bond acceptors (Lipinski definition) is 3. The molecule has 3 aliphatic carbocycles. The zero-order chi connectivity index (χ0) is 13.0. The maximum Gasteiger partial charge on any atom is 0.311 e. The smallest absolute Gasteiger partial charge is 0.311 e. The first kappa shape index (κ1) is 12.0. The second kappa shape index (κ2) is 3.70. The molecule has 3 aliphatic rings. The van der Waals surface area contributed by atoms with Crippen LogP contribution in [0.2, 0.25) is 0 Å². The summed E-state index contributed by atoms with van der Waals surface area (Å²) in [5, 5.41) is 0. The molecule has 1 aromatic rings. The third kappa shape index (κ3) is 1.56. The normalized spacial score (nSPS) is 32.4. The van der Waals surface area contributed by atoms with Crippen molar-refractivity contribution in [1.29, 1.82) is 0 Å². The summed E-state index contributed by atoms with van der Waals surface area (Å²) in [6.07, 6.45) is 2.32. The fraction of sp³-hybridized carbons (Fsp3) is 0.462. The molecule has 3 saturated carbocycles. The number of carbonyl (C=O) groups excluding carboxylic acids is 1. The van der Waals surface area contributed by atoms with E-state index in [-0.39, 0.29) is 16.1 Å². The number of esters is 1. The maximum absolute atomic E-state index is 13.1. The minimum Gasteiger partial charge on any atom is -0.469 e. The van der Waals surface area contributed by atoms with E-state index in [1.807, 2.05) is 0 Å². The monoisotopic (exact) mass is 270 g/mol. The van der Waals surface area contributed by atoms with Gasteiger partial charge in [0.2, 0.25) is 0 Å². The van der Waals surface area contributed by atoms with Crippen LogP contribution in [0.25, 0.3) is 0 Å². The van der Waals surface area contributed by atoms with Gasteiger partial charge in [-0.05, 0) is 37.5 Å². The molecule has 2 bridgehead atoms. The molecule has 0 amide bonds. The predicted molar refractivity (Wildman–Crippen MR) is 63.2 cm³/mol. The summed E-state index contributed by atoms with van der Waals surface area (Å²) < 4.78 is 30.7. The first-order valence-electron chi connectivity index (χ1n) is 5.71. The van der Waals surface area contributed by atoms with Crippen molar-refractivity contribution in [2.45, 2.75) is 28.9 Å². The maximum atomic E-state index is 13.1. The van der Waals surface area contributed by atoms with Crippen molar-refractivity contribution in [1.82, 2.24) is 0 Å². The van der Waals surface area contributed by atoms with Crippen molar-refractivity contribution in [2.24, 2.45) is 5.41 Å². The van der Waals surface area contributed by atoms with E-state index in [2.05, 4.69) is 0 Å². The van der Waals surface area contributed by atoms with Crippen molar-refractivity contribution in [3.8, 4) is 0 Å². The summed E-state index contributed by atoms with van der Waals surface area (Å²) in [5.41, 5.74) is -0.291. The van der Waals surface area contributed by atoms with E-state index in [1.54, 1.807) is 6.07 Å². The van der Waals surface area contributed by atoms with E-state index in [0.29, 0.717) is 4.90 Å². The Morgan fingerprint density at radius 2 is 1.94 bits per heavy atom. The zero-order valence-electron chi connectivity index (χ0n) is 9.83.